The molecule has 0 bridgehead atoms. The van der Waals surface area contributed by atoms with Crippen molar-refractivity contribution in [1.82, 2.24) is 0 Å². The van der Waals surface area contributed by atoms with Crippen molar-refractivity contribution in [2.45, 2.75) is 26.7 Å². The molecule has 19 heavy (non-hydrogen) atoms. The zero-order valence-corrected chi connectivity index (χ0v) is 12.8. The molecule has 0 radical (unpaired) electrons. The summed E-state index contributed by atoms with van der Waals surface area (Å²) in [5.74, 6) is -9.28. The van der Waals surface area contributed by atoms with E-state index < -0.39 is 35.7 Å². The Morgan fingerprint density at radius 1 is 0.684 bits per heavy atom. The van der Waals surface area contributed by atoms with E-state index in [1.165, 1.54) is 13.8 Å². The topological polar surface area (TPSA) is 161 Å². The van der Waals surface area contributed by atoms with Crippen molar-refractivity contribution in [1.29, 1.82) is 0 Å². The smallest absolute Gasteiger partial charge is 0.549 e. The van der Waals surface area contributed by atoms with Gasteiger partial charge in [-0.1, -0.05) is 13.8 Å². The van der Waals surface area contributed by atoms with Crippen LogP contribution < -0.4 is 20.4 Å². The van der Waals surface area contributed by atoms with E-state index in [2.05, 4.69) is 0 Å². The van der Waals surface area contributed by atoms with Gasteiger partial charge in [-0.2, -0.15) is 0 Å². The Morgan fingerprint density at radius 3 is 0.842 bits per heavy atom. The number of hydrogen-bond donors (Lipinski definition) is 0. The normalized spacial score (nSPS) is 9.05. The molecule has 0 aromatic carbocycles. The SMILES string of the molecule is CCC(C(=O)[O-])C(=O)[O-].CCC(C(=O)[O-])C(=O)[O-].[Zr+4]. The van der Waals surface area contributed by atoms with Gasteiger partial charge in [0.05, 0.1) is 23.9 Å². The molecular weight excluding hydrogens is 339 g/mol. The predicted molar refractivity (Wildman–Crippen MR) is 47.6 cm³/mol. The van der Waals surface area contributed by atoms with E-state index >= 15 is 0 Å². The third-order valence-electron chi connectivity index (χ3n) is 1.95. The molecule has 0 spiro atoms. The first-order valence-electron chi connectivity index (χ1n) is 5.02. The minimum atomic E-state index is -1.59. The molecule has 0 aliphatic rings. The number of carboxylic acid groups (broad SMARTS) is 4. The summed E-state index contributed by atoms with van der Waals surface area (Å²) in [5, 5.41) is 39.4. The van der Waals surface area contributed by atoms with E-state index in [-0.39, 0.29) is 39.0 Å². The Hall–Kier alpha value is -1.24. The molecule has 0 aromatic heterocycles. The minimum absolute atomic E-state index is 0. The third-order valence-corrected chi connectivity index (χ3v) is 1.95. The quantitative estimate of drug-likeness (QED) is 0.430. The van der Waals surface area contributed by atoms with Crippen LogP contribution in [0.5, 0.6) is 0 Å². The van der Waals surface area contributed by atoms with Crippen molar-refractivity contribution in [3.05, 3.63) is 0 Å². The molecule has 0 aliphatic carbocycles. The molecular formula is C10H12O8Zr. The Kier molecular flexibility index (Phi) is 14.3. The second-order valence-electron chi connectivity index (χ2n) is 3.20. The van der Waals surface area contributed by atoms with Gasteiger partial charge in [0.2, 0.25) is 0 Å². The number of hydrogen-bond acceptors (Lipinski definition) is 8. The summed E-state index contributed by atoms with van der Waals surface area (Å²) in [7, 11) is 0. The number of carbonyl (C=O) groups is 4. The Labute approximate surface area is 128 Å². The molecule has 8 nitrogen and oxygen atoms in total. The van der Waals surface area contributed by atoms with Crippen molar-refractivity contribution in [3.8, 4) is 0 Å². The third kappa shape index (κ3) is 10.4. The van der Waals surface area contributed by atoms with Crippen molar-refractivity contribution >= 4 is 23.9 Å². The molecule has 0 saturated heterocycles. The van der Waals surface area contributed by atoms with Crippen LogP contribution in [-0.2, 0) is 45.4 Å². The number of carboxylic acids is 4. The van der Waals surface area contributed by atoms with E-state index in [9.17, 15) is 39.6 Å². The molecule has 104 valence electrons. The minimum Gasteiger partial charge on any atom is -0.549 e. The van der Waals surface area contributed by atoms with Crippen molar-refractivity contribution in [2.75, 3.05) is 0 Å². The standard InChI is InChI=1S/2C5H8O4.Zr/c2*1-2-3(4(6)7)5(8)9;/h2*3H,2H2,1H3,(H,6,7)(H,8,9);/q;;+4/p-4. The van der Waals surface area contributed by atoms with Gasteiger partial charge in [-0.25, -0.2) is 0 Å². The van der Waals surface area contributed by atoms with E-state index in [4.69, 9.17) is 0 Å². The van der Waals surface area contributed by atoms with Gasteiger partial charge in [0.25, 0.3) is 0 Å². The number of aliphatic carboxylic acids is 4. The number of carbonyl (C=O) groups excluding carboxylic acids is 4. The van der Waals surface area contributed by atoms with Gasteiger partial charge < -0.3 is 39.6 Å². The summed E-state index contributed by atoms with van der Waals surface area (Å²) < 4.78 is 0. The zero-order valence-electron chi connectivity index (χ0n) is 10.3. The summed E-state index contributed by atoms with van der Waals surface area (Å²) >= 11 is 0. The van der Waals surface area contributed by atoms with E-state index in [0.717, 1.165) is 0 Å². The monoisotopic (exact) mass is 350 g/mol. The largest absolute Gasteiger partial charge is 4.00 e. The molecule has 0 aromatic rings. The van der Waals surface area contributed by atoms with Gasteiger partial charge in [0.1, 0.15) is 0 Å². The molecule has 0 saturated carbocycles. The second-order valence-corrected chi connectivity index (χ2v) is 3.20. The average Bonchev–Trinajstić information content (AvgIpc) is 2.17. The van der Waals surface area contributed by atoms with Crippen LogP contribution in [0.4, 0.5) is 0 Å². The van der Waals surface area contributed by atoms with Crippen LogP contribution in [0.2, 0.25) is 0 Å². The van der Waals surface area contributed by atoms with Crippen LogP contribution in [0.15, 0.2) is 0 Å². The first-order chi connectivity index (χ1) is 8.18. The maximum atomic E-state index is 9.84. The molecule has 0 amide bonds. The summed E-state index contributed by atoms with van der Waals surface area (Å²) in [6.45, 7) is 2.88. The summed E-state index contributed by atoms with van der Waals surface area (Å²) in [5.41, 5.74) is 0. The maximum Gasteiger partial charge on any atom is 4.00 e. The van der Waals surface area contributed by atoms with Crippen molar-refractivity contribution < 1.29 is 65.8 Å². The fraction of sp³-hybridized carbons (Fsp3) is 0.600. The molecule has 0 N–H and O–H groups in total. The molecule has 9 heteroatoms. The van der Waals surface area contributed by atoms with Gasteiger partial charge in [-0.3, -0.25) is 0 Å². The fourth-order valence-electron chi connectivity index (χ4n) is 0.859. The molecule has 0 rings (SSSR count). The molecule has 0 aliphatic heterocycles. The van der Waals surface area contributed by atoms with Gasteiger partial charge >= 0.3 is 26.2 Å². The van der Waals surface area contributed by atoms with E-state index in [1.807, 2.05) is 0 Å². The van der Waals surface area contributed by atoms with Crippen LogP contribution in [-0.4, -0.2) is 23.9 Å². The Bertz CT molecular complexity index is 267. The Balaban J connectivity index is -0.000000256. The van der Waals surface area contributed by atoms with Gasteiger partial charge in [0.15, 0.2) is 0 Å². The van der Waals surface area contributed by atoms with Crippen LogP contribution in [0.1, 0.15) is 26.7 Å². The molecule has 0 atom stereocenters. The fourth-order valence-corrected chi connectivity index (χ4v) is 0.859. The molecule has 0 unspecified atom stereocenters. The molecule has 0 fully saturated rings. The average molecular weight is 351 g/mol. The first kappa shape index (κ1) is 22.9. The predicted octanol–water partition coefficient (Wildman–Crippen LogP) is -4.98. The summed E-state index contributed by atoms with van der Waals surface area (Å²) in [4.78, 5) is 39.4. The van der Waals surface area contributed by atoms with Crippen molar-refractivity contribution in [2.24, 2.45) is 11.8 Å². The van der Waals surface area contributed by atoms with Gasteiger partial charge in [-0.15, -0.1) is 0 Å². The summed E-state index contributed by atoms with van der Waals surface area (Å²) in [6, 6.07) is 0. The second kappa shape index (κ2) is 11.8. The Morgan fingerprint density at radius 2 is 0.842 bits per heavy atom. The summed E-state index contributed by atoms with van der Waals surface area (Å²) in [6.07, 6.45) is 0.00926. The zero-order chi connectivity index (χ0) is 14.9. The van der Waals surface area contributed by atoms with Gasteiger partial charge in [-0.05, 0) is 12.8 Å². The van der Waals surface area contributed by atoms with Crippen LogP contribution >= 0.6 is 0 Å². The maximum absolute atomic E-state index is 9.84. The van der Waals surface area contributed by atoms with E-state index in [0.29, 0.717) is 0 Å². The number of rotatable bonds is 6. The molecule has 0 heterocycles. The first-order valence-corrected chi connectivity index (χ1v) is 5.02. The van der Waals surface area contributed by atoms with Crippen LogP contribution in [0.3, 0.4) is 0 Å². The van der Waals surface area contributed by atoms with Crippen LogP contribution in [0.25, 0.3) is 0 Å². The van der Waals surface area contributed by atoms with Crippen molar-refractivity contribution in [3.63, 3.8) is 0 Å². The van der Waals surface area contributed by atoms with Crippen LogP contribution in [0, 0.1) is 11.8 Å². The van der Waals surface area contributed by atoms with Gasteiger partial charge in [0, 0.05) is 11.8 Å². The van der Waals surface area contributed by atoms with E-state index in [1.54, 1.807) is 0 Å².